The van der Waals surface area contributed by atoms with Crippen molar-refractivity contribution in [1.82, 2.24) is 0 Å². The summed E-state index contributed by atoms with van der Waals surface area (Å²) in [5, 5.41) is 11.1. The number of nitrogens with zero attached hydrogens (tertiary/aromatic N) is 2. The lowest BCUT2D eigenvalue weighted by Crippen LogP contribution is -2.31. The molecule has 0 fully saturated rings. The first-order chi connectivity index (χ1) is 11.0. The highest BCUT2D eigenvalue weighted by Gasteiger charge is 2.28. The molecule has 0 aliphatic carbocycles. The summed E-state index contributed by atoms with van der Waals surface area (Å²) in [6.07, 6.45) is 0.787. The lowest BCUT2D eigenvalue weighted by atomic mass is 10.1. The first-order valence-electron chi connectivity index (χ1n) is 6.86. The Morgan fingerprint density at radius 1 is 1.30 bits per heavy atom. The topological polar surface area (TPSA) is 93.7 Å². The number of hydrogen-bond donors (Lipinski definition) is 0. The third kappa shape index (κ3) is 2.83. The van der Waals surface area contributed by atoms with Crippen LogP contribution in [0.4, 0.5) is 11.6 Å². The van der Waals surface area contributed by atoms with Crippen molar-refractivity contribution in [3.63, 3.8) is 0 Å². The normalized spacial score (nSPS) is 14.3. The molecule has 0 bridgehead atoms. The largest absolute Gasteiger partial charge is 0.433 e. The monoisotopic (exact) mass is 334 g/mol. The third-order valence-corrected chi connectivity index (χ3v) is 3.80. The molecule has 2 aromatic rings. The van der Waals surface area contributed by atoms with Gasteiger partial charge in [0, 0.05) is 23.6 Å². The number of amides is 1. The molecule has 1 aromatic carbocycles. The fraction of sp³-hybridized carbons (Fsp3) is 0.200. The standard InChI is InChI=1S/C15H11ClN2O5/c16-9-3-4-11-10(8-9)12(19)2-1-7-17(11)15(20)13-5-6-14(23-13)18(21)22/h3-6,8H,1-2,7H2. The van der Waals surface area contributed by atoms with E-state index in [2.05, 4.69) is 0 Å². The Kier molecular flexibility index (Phi) is 3.87. The molecule has 3 rings (SSSR count). The van der Waals surface area contributed by atoms with Crippen molar-refractivity contribution in [2.75, 3.05) is 11.4 Å². The number of nitro groups is 1. The highest BCUT2D eigenvalue weighted by molar-refractivity contribution is 6.31. The summed E-state index contributed by atoms with van der Waals surface area (Å²) in [7, 11) is 0. The van der Waals surface area contributed by atoms with Gasteiger partial charge >= 0.3 is 5.88 Å². The number of furan rings is 1. The average molecular weight is 335 g/mol. The molecule has 1 aromatic heterocycles. The van der Waals surface area contributed by atoms with E-state index < -0.39 is 16.7 Å². The van der Waals surface area contributed by atoms with E-state index in [1.165, 1.54) is 17.0 Å². The minimum atomic E-state index is -0.712. The van der Waals surface area contributed by atoms with E-state index in [0.717, 1.165) is 6.07 Å². The van der Waals surface area contributed by atoms with E-state index in [9.17, 15) is 19.7 Å². The summed E-state index contributed by atoms with van der Waals surface area (Å²) in [6.45, 7) is 0.313. The second-order valence-electron chi connectivity index (χ2n) is 5.04. The van der Waals surface area contributed by atoms with Crippen LogP contribution in [0.2, 0.25) is 5.02 Å². The minimum absolute atomic E-state index is 0.0942. The van der Waals surface area contributed by atoms with Crippen LogP contribution in [0, 0.1) is 10.1 Å². The number of rotatable bonds is 2. The smallest absolute Gasteiger partial charge is 0.395 e. The third-order valence-electron chi connectivity index (χ3n) is 3.56. The van der Waals surface area contributed by atoms with Gasteiger partial charge in [0.15, 0.2) is 11.5 Å². The molecule has 1 aliphatic heterocycles. The molecule has 0 N–H and O–H groups in total. The summed E-state index contributed by atoms with van der Waals surface area (Å²) >= 11 is 5.93. The molecular formula is C15H11ClN2O5. The summed E-state index contributed by atoms with van der Waals surface area (Å²) < 4.78 is 4.97. The Morgan fingerprint density at radius 2 is 2.09 bits per heavy atom. The van der Waals surface area contributed by atoms with Crippen molar-refractivity contribution in [2.45, 2.75) is 12.8 Å². The SMILES string of the molecule is O=C1CCCN(C(=O)c2ccc([N+](=O)[O-])o2)c2ccc(Cl)cc21. The maximum atomic E-state index is 12.6. The van der Waals surface area contributed by atoms with Crippen LogP contribution in [0.1, 0.15) is 33.8 Å². The second-order valence-corrected chi connectivity index (χ2v) is 5.48. The fourth-order valence-corrected chi connectivity index (χ4v) is 2.68. The van der Waals surface area contributed by atoms with Crippen LogP contribution >= 0.6 is 11.6 Å². The quantitative estimate of drug-likeness (QED) is 0.619. The zero-order valence-electron chi connectivity index (χ0n) is 11.8. The number of carbonyl (C=O) groups is 2. The van der Waals surface area contributed by atoms with E-state index in [1.54, 1.807) is 12.1 Å². The van der Waals surface area contributed by atoms with Gasteiger partial charge < -0.3 is 9.32 Å². The van der Waals surface area contributed by atoms with Gasteiger partial charge in [-0.3, -0.25) is 19.7 Å². The molecule has 1 amide bonds. The lowest BCUT2D eigenvalue weighted by Gasteiger charge is -2.21. The Bertz CT molecular complexity index is 814. The Labute approximate surface area is 135 Å². The van der Waals surface area contributed by atoms with Crippen molar-refractivity contribution < 1.29 is 18.9 Å². The number of halogens is 1. The summed E-state index contributed by atoms with van der Waals surface area (Å²) in [5.41, 5.74) is 0.797. The van der Waals surface area contributed by atoms with E-state index in [-0.39, 0.29) is 11.5 Å². The van der Waals surface area contributed by atoms with Crippen LogP contribution < -0.4 is 4.90 Å². The molecule has 0 saturated carbocycles. The molecular weight excluding hydrogens is 324 g/mol. The van der Waals surface area contributed by atoms with Crippen LogP contribution in [0.15, 0.2) is 34.7 Å². The molecule has 1 aliphatic rings. The van der Waals surface area contributed by atoms with Crippen LogP contribution in [0.25, 0.3) is 0 Å². The number of benzene rings is 1. The van der Waals surface area contributed by atoms with Gasteiger partial charge in [-0.1, -0.05) is 11.6 Å². The molecule has 0 unspecified atom stereocenters. The van der Waals surface area contributed by atoms with Gasteiger partial charge in [-0.05, 0) is 30.7 Å². The van der Waals surface area contributed by atoms with Crippen molar-refractivity contribution in [2.24, 2.45) is 0 Å². The molecule has 23 heavy (non-hydrogen) atoms. The van der Waals surface area contributed by atoms with Crippen LogP contribution in [0.5, 0.6) is 0 Å². The number of carbonyl (C=O) groups excluding carboxylic acids is 2. The van der Waals surface area contributed by atoms with Crippen molar-refractivity contribution >= 4 is 34.9 Å². The van der Waals surface area contributed by atoms with Gasteiger partial charge in [0.2, 0.25) is 0 Å². The Hall–Kier alpha value is -2.67. The molecule has 118 valence electrons. The van der Waals surface area contributed by atoms with Gasteiger partial charge in [-0.25, -0.2) is 0 Å². The average Bonchev–Trinajstić information content (AvgIpc) is 2.95. The number of hydrogen-bond acceptors (Lipinski definition) is 5. The zero-order valence-corrected chi connectivity index (χ0v) is 12.6. The number of Topliss-reactive ketones (excluding diaryl/α,β-unsaturated/α-hetero) is 1. The van der Waals surface area contributed by atoms with Crippen molar-refractivity contribution in [1.29, 1.82) is 0 Å². The first kappa shape index (κ1) is 15.2. The van der Waals surface area contributed by atoms with Gasteiger partial charge in [0.05, 0.1) is 11.8 Å². The second kappa shape index (κ2) is 5.85. The zero-order chi connectivity index (χ0) is 16.6. The molecule has 2 heterocycles. The van der Waals surface area contributed by atoms with Gasteiger partial charge in [0.1, 0.15) is 4.92 Å². The van der Waals surface area contributed by atoms with Gasteiger partial charge in [-0.2, -0.15) is 0 Å². The van der Waals surface area contributed by atoms with E-state index in [4.69, 9.17) is 16.0 Å². The number of fused-ring (bicyclic) bond motifs is 1. The molecule has 0 saturated heterocycles. The van der Waals surface area contributed by atoms with Crippen molar-refractivity contribution in [3.05, 3.63) is 56.8 Å². The Balaban J connectivity index is 2.01. The summed E-state index contributed by atoms with van der Waals surface area (Å²) in [5.74, 6) is -1.28. The Morgan fingerprint density at radius 3 is 2.78 bits per heavy atom. The number of ketones is 1. The van der Waals surface area contributed by atoms with Gasteiger partial charge in [0.25, 0.3) is 5.91 Å². The lowest BCUT2D eigenvalue weighted by molar-refractivity contribution is -0.402. The molecule has 8 heteroatoms. The van der Waals surface area contributed by atoms with Crippen LogP contribution in [-0.4, -0.2) is 23.2 Å². The van der Waals surface area contributed by atoms with Crippen LogP contribution in [0.3, 0.4) is 0 Å². The molecule has 0 atom stereocenters. The number of anilines is 1. The summed E-state index contributed by atoms with van der Waals surface area (Å²) in [4.78, 5) is 36.1. The van der Waals surface area contributed by atoms with E-state index in [0.29, 0.717) is 35.7 Å². The molecule has 0 radical (unpaired) electrons. The fourth-order valence-electron chi connectivity index (χ4n) is 2.50. The maximum Gasteiger partial charge on any atom is 0.433 e. The first-order valence-corrected chi connectivity index (χ1v) is 7.24. The van der Waals surface area contributed by atoms with Crippen LogP contribution in [-0.2, 0) is 0 Å². The minimum Gasteiger partial charge on any atom is -0.395 e. The van der Waals surface area contributed by atoms with Gasteiger partial charge in [-0.15, -0.1) is 0 Å². The highest BCUT2D eigenvalue weighted by Crippen LogP contribution is 2.30. The molecule has 0 spiro atoms. The maximum absolute atomic E-state index is 12.6. The van der Waals surface area contributed by atoms with E-state index >= 15 is 0 Å². The molecule has 7 nitrogen and oxygen atoms in total. The summed E-state index contributed by atoms with van der Waals surface area (Å²) in [6, 6.07) is 7.08. The highest BCUT2D eigenvalue weighted by atomic mass is 35.5. The predicted octanol–water partition coefficient (Wildman–Crippen LogP) is 3.46. The predicted molar refractivity (Wildman–Crippen MR) is 82.1 cm³/mol. The van der Waals surface area contributed by atoms with E-state index in [1.807, 2.05) is 0 Å². The van der Waals surface area contributed by atoms with Crippen molar-refractivity contribution in [3.8, 4) is 0 Å².